The number of carbonyl (C=O) groups is 1. The number of amides is 1. The van der Waals surface area contributed by atoms with Gasteiger partial charge >= 0.3 is 0 Å². The van der Waals surface area contributed by atoms with Crippen LogP contribution in [0.3, 0.4) is 0 Å². The van der Waals surface area contributed by atoms with Crippen LogP contribution in [0, 0.1) is 5.92 Å². The van der Waals surface area contributed by atoms with Gasteiger partial charge < -0.3 is 20.4 Å². The Morgan fingerprint density at radius 3 is 2.62 bits per heavy atom. The number of fused-ring (bicyclic) bond motifs is 1. The van der Waals surface area contributed by atoms with Gasteiger partial charge in [0.25, 0.3) is 6.43 Å². The summed E-state index contributed by atoms with van der Waals surface area (Å²) in [4.78, 5) is 22.9. The fraction of sp³-hybridized carbons (Fsp3) is 0.409. The molecule has 3 aromatic rings. The molecule has 12 heteroatoms. The summed E-state index contributed by atoms with van der Waals surface area (Å²) in [5, 5.41) is 5.70. The van der Waals surface area contributed by atoms with E-state index in [4.69, 9.17) is 4.74 Å². The molecule has 1 aromatic carbocycles. The molecular weight excluding hydrogens is 468 g/mol. The Morgan fingerprint density at radius 2 is 1.97 bits per heavy atom. The lowest BCUT2D eigenvalue weighted by Crippen LogP contribution is -2.14. The van der Waals surface area contributed by atoms with Gasteiger partial charge in [0, 0.05) is 24.8 Å². The van der Waals surface area contributed by atoms with Crippen molar-refractivity contribution >= 4 is 44.1 Å². The Morgan fingerprint density at radius 1 is 1.18 bits per heavy atom. The second-order valence-electron chi connectivity index (χ2n) is 8.59. The molecule has 2 fully saturated rings. The molecule has 1 aliphatic heterocycles. The zero-order chi connectivity index (χ0) is 24.0. The molecule has 2 aromatic heterocycles. The molecule has 1 saturated carbocycles. The number of nitrogens with zero attached hydrogens (tertiary/aromatic N) is 2. The van der Waals surface area contributed by atoms with Crippen molar-refractivity contribution in [2.75, 3.05) is 23.5 Å². The van der Waals surface area contributed by atoms with Crippen LogP contribution in [0.1, 0.15) is 49.6 Å². The van der Waals surface area contributed by atoms with Crippen molar-refractivity contribution in [3.05, 3.63) is 35.7 Å². The number of halogens is 2. The first-order valence-corrected chi connectivity index (χ1v) is 12.8. The number of alkyl halides is 2. The molecule has 9 nitrogen and oxygen atoms in total. The summed E-state index contributed by atoms with van der Waals surface area (Å²) in [7, 11) is -3.65. The number of aromatic amines is 1. The van der Waals surface area contributed by atoms with Crippen LogP contribution in [-0.4, -0.2) is 42.1 Å². The molecule has 0 radical (unpaired) electrons. The van der Waals surface area contributed by atoms with Gasteiger partial charge in [0.05, 0.1) is 22.4 Å². The Labute approximate surface area is 194 Å². The molecule has 1 saturated heterocycles. The number of nitrogens with one attached hydrogen (secondary N) is 3. The van der Waals surface area contributed by atoms with Crippen molar-refractivity contribution in [1.29, 1.82) is 0 Å². The monoisotopic (exact) mass is 491 g/mol. The number of pyridine rings is 1. The van der Waals surface area contributed by atoms with E-state index in [1.807, 2.05) is 0 Å². The Balaban J connectivity index is 1.57. The number of imidazole rings is 1. The number of hydrogen-bond donors (Lipinski definition) is 3. The fourth-order valence-electron chi connectivity index (χ4n) is 3.98. The molecule has 0 spiro atoms. The van der Waals surface area contributed by atoms with Crippen molar-refractivity contribution in [2.24, 2.45) is 5.92 Å². The SMILES string of the molecule is CS(=O)(=O)c1cc(C2CCCO2)ccc1Nc1cc(NC(=O)C2CC2)nc2[nH]c(C(F)F)nc12. The number of carbonyl (C=O) groups excluding carboxylic acids is 1. The predicted octanol–water partition coefficient (Wildman–Crippen LogP) is 4.24. The third-order valence-electron chi connectivity index (χ3n) is 5.85. The summed E-state index contributed by atoms with van der Waals surface area (Å²) in [5.74, 6) is -0.722. The molecule has 1 aliphatic carbocycles. The molecule has 1 amide bonds. The largest absolute Gasteiger partial charge is 0.374 e. The van der Waals surface area contributed by atoms with Gasteiger partial charge in [-0.2, -0.15) is 0 Å². The molecule has 34 heavy (non-hydrogen) atoms. The van der Waals surface area contributed by atoms with E-state index in [1.54, 1.807) is 18.2 Å². The highest BCUT2D eigenvalue weighted by Gasteiger charge is 2.30. The molecule has 5 rings (SSSR count). The minimum atomic E-state index is -3.65. The predicted molar refractivity (Wildman–Crippen MR) is 121 cm³/mol. The van der Waals surface area contributed by atoms with Gasteiger partial charge in [-0.15, -0.1) is 0 Å². The maximum atomic E-state index is 13.3. The molecule has 3 N–H and O–H groups in total. The normalized spacial score (nSPS) is 18.5. The zero-order valence-corrected chi connectivity index (χ0v) is 19.1. The number of anilines is 3. The second-order valence-corrected chi connectivity index (χ2v) is 10.6. The molecule has 180 valence electrons. The Bertz CT molecular complexity index is 1370. The fourth-order valence-corrected chi connectivity index (χ4v) is 4.85. The first-order chi connectivity index (χ1) is 16.2. The van der Waals surface area contributed by atoms with E-state index in [2.05, 4.69) is 25.6 Å². The Hall–Kier alpha value is -3.12. The van der Waals surface area contributed by atoms with Gasteiger partial charge in [0.1, 0.15) is 11.3 Å². The van der Waals surface area contributed by atoms with Gasteiger partial charge in [0.2, 0.25) is 5.91 Å². The average molecular weight is 492 g/mol. The number of benzene rings is 1. The van der Waals surface area contributed by atoms with Crippen molar-refractivity contribution in [1.82, 2.24) is 15.0 Å². The first-order valence-electron chi connectivity index (χ1n) is 10.9. The van der Waals surface area contributed by atoms with Crippen LogP contribution in [0.15, 0.2) is 29.2 Å². The van der Waals surface area contributed by atoms with E-state index in [9.17, 15) is 22.0 Å². The highest BCUT2D eigenvalue weighted by Crippen LogP contribution is 2.36. The maximum Gasteiger partial charge on any atom is 0.295 e. The van der Waals surface area contributed by atoms with Gasteiger partial charge in [0.15, 0.2) is 21.3 Å². The van der Waals surface area contributed by atoms with Gasteiger partial charge in [-0.3, -0.25) is 4.79 Å². The molecule has 2 aliphatic rings. The summed E-state index contributed by atoms with van der Waals surface area (Å²) in [5.41, 5.74) is 1.37. The molecular formula is C22H23F2N5O4S. The van der Waals surface area contributed by atoms with Gasteiger partial charge in [-0.1, -0.05) is 6.07 Å². The molecule has 3 heterocycles. The van der Waals surface area contributed by atoms with Crippen LogP contribution >= 0.6 is 0 Å². The number of rotatable bonds is 7. The Kier molecular flexibility index (Phi) is 5.72. The van der Waals surface area contributed by atoms with Crippen molar-refractivity contribution in [3.8, 4) is 0 Å². The summed E-state index contributed by atoms with van der Waals surface area (Å²) in [6.45, 7) is 0.620. The number of H-pyrrole nitrogens is 1. The third kappa shape index (κ3) is 4.60. The van der Waals surface area contributed by atoms with Crippen molar-refractivity contribution < 1.29 is 26.7 Å². The smallest absolute Gasteiger partial charge is 0.295 e. The lowest BCUT2D eigenvalue weighted by Gasteiger charge is -2.16. The number of aromatic nitrogens is 3. The van der Waals surface area contributed by atoms with E-state index < -0.39 is 22.1 Å². The van der Waals surface area contributed by atoms with E-state index in [1.165, 1.54) is 6.07 Å². The standard InChI is InChI=1S/C22H23F2N5O4S/c1-34(31,32)16-9-12(15-3-2-8-33-15)6-7-13(16)25-14-10-17(27-22(30)11-4-5-11)26-20-18(14)28-21(29-20)19(23)24/h6-7,9-11,15,19H,2-5,8H2,1H3,(H3,25,26,27,28,29,30). The summed E-state index contributed by atoms with van der Waals surface area (Å²) < 4.78 is 57.5. The van der Waals surface area contributed by atoms with E-state index in [-0.39, 0.29) is 51.2 Å². The van der Waals surface area contributed by atoms with Crippen LogP contribution < -0.4 is 10.6 Å². The summed E-state index contributed by atoms with van der Waals surface area (Å²) in [6, 6.07) is 6.41. The lowest BCUT2D eigenvalue weighted by molar-refractivity contribution is -0.117. The van der Waals surface area contributed by atoms with Crippen LogP contribution in [0.4, 0.5) is 26.0 Å². The minimum Gasteiger partial charge on any atom is -0.374 e. The highest BCUT2D eigenvalue weighted by atomic mass is 32.2. The van der Waals surface area contributed by atoms with Crippen molar-refractivity contribution in [3.63, 3.8) is 0 Å². The van der Waals surface area contributed by atoms with Crippen LogP contribution in [0.5, 0.6) is 0 Å². The van der Waals surface area contributed by atoms with E-state index >= 15 is 0 Å². The van der Waals surface area contributed by atoms with Gasteiger partial charge in [-0.25, -0.2) is 27.2 Å². The molecule has 1 atom stereocenters. The maximum absolute atomic E-state index is 13.3. The number of hydrogen-bond acceptors (Lipinski definition) is 7. The number of ether oxygens (including phenoxy) is 1. The molecule has 0 bridgehead atoms. The van der Waals surface area contributed by atoms with E-state index in [0.29, 0.717) is 6.61 Å². The average Bonchev–Trinajstić information content (AvgIpc) is 3.30. The highest BCUT2D eigenvalue weighted by molar-refractivity contribution is 7.90. The third-order valence-corrected chi connectivity index (χ3v) is 6.99. The zero-order valence-electron chi connectivity index (χ0n) is 18.3. The van der Waals surface area contributed by atoms with Crippen LogP contribution in [0.2, 0.25) is 0 Å². The first kappa shape index (κ1) is 22.7. The topological polar surface area (TPSA) is 126 Å². The summed E-state index contributed by atoms with van der Waals surface area (Å²) in [6.07, 6.45) is 1.33. The van der Waals surface area contributed by atoms with Crippen LogP contribution in [0.25, 0.3) is 11.2 Å². The van der Waals surface area contributed by atoms with Gasteiger partial charge in [-0.05, 0) is 43.4 Å². The van der Waals surface area contributed by atoms with Crippen molar-refractivity contribution in [2.45, 2.75) is 43.1 Å². The number of sulfone groups is 1. The minimum absolute atomic E-state index is 0.0404. The quantitative estimate of drug-likeness (QED) is 0.451. The lowest BCUT2D eigenvalue weighted by atomic mass is 10.1. The van der Waals surface area contributed by atoms with E-state index in [0.717, 1.165) is 37.5 Å². The summed E-state index contributed by atoms with van der Waals surface area (Å²) >= 11 is 0. The molecule has 1 unspecified atom stereocenters. The second kappa shape index (κ2) is 8.58. The van der Waals surface area contributed by atoms with Crippen LogP contribution in [-0.2, 0) is 19.4 Å².